The smallest absolute Gasteiger partial charge is 0.222 e. The molecule has 0 aliphatic heterocycles. The normalized spacial score (nSPS) is 11.2. The Balaban J connectivity index is 2.82. The van der Waals surface area contributed by atoms with E-state index in [1.807, 2.05) is 0 Å². The quantitative estimate of drug-likeness (QED) is 0.742. The molecule has 1 rings (SSSR count). The summed E-state index contributed by atoms with van der Waals surface area (Å²) in [5.74, 6) is -0.237. The Hall–Kier alpha value is -0.870. The Morgan fingerprint density at radius 1 is 1.21 bits per heavy atom. The third-order valence-electron chi connectivity index (χ3n) is 1.67. The SMILES string of the molecule is O=C(Cl)CCS(=O)(=O)c1ccccc1. The first-order chi connectivity index (χ1) is 6.52. The molecule has 14 heavy (non-hydrogen) atoms. The standard InChI is InChI=1S/C9H9ClO3S/c10-9(11)6-7-14(12,13)8-4-2-1-3-5-8/h1-5H,6-7H2. The lowest BCUT2D eigenvalue weighted by molar-refractivity contribution is -0.111. The van der Waals surface area contributed by atoms with E-state index in [0.717, 1.165) is 0 Å². The van der Waals surface area contributed by atoms with Gasteiger partial charge in [-0.3, -0.25) is 4.79 Å². The second-order valence-corrected chi connectivity index (χ2v) is 5.27. The van der Waals surface area contributed by atoms with Gasteiger partial charge in [-0.25, -0.2) is 8.42 Å². The van der Waals surface area contributed by atoms with E-state index in [1.165, 1.54) is 12.1 Å². The Bertz CT molecular complexity index is 411. The molecule has 0 spiro atoms. The number of carbonyl (C=O) groups is 1. The van der Waals surface area contributed by atoms with Gasteiger partial charge in [0.15, 0.2) is 9.84 Å². The summed E-state index contributed by atoms with van der Waals surface area (Å²) >= 11 is 5.07. The van der Waals surface area contributed by atoms with Crippen LogP contribution in [0.2, 0.25) is 0 Å². The van der Waals surface area contributed by atoms with Gasteiger partial charge in [0.1, 0.15) is 0 Å². The fraction of sp³-hybridized carbons (Fsp3) is 0.222. The average Bonchev–Trinajstić information content (AvgIpc) is 2.16. The summed E-state index contributed by atoms with van der Waals surface area (Å²) in [6.45, 7) is 0. The molecular formula is C9H9ClO3S. The van der Waals surface area contributed by atoms with Crippen LogP contribution in [0.15, 0.2) is 35.2 Å². The van der Waals surface area contributed by atoms with E-state index < -0.39 is 15.1 Å². The van der Waals surface area contributed by atoms with Crippen molar-refractivity contribution in [1.29, 1.82) is 0 Å². The summed E-state index contributed by atoms with van der Waals surface area (Å²) in [6.07, 6.45) is -0.154. The molecule has 0 amide bonds. The summed E-state index contributed by atoms with van der Waals surface area (Å²) in [6, 6.07) is 7.98. The van der Waals surface area contributed by atoms with Crippen LogP contribution < -0.4 is 0 Å². The summed E-state index contributed by atoms with van der Waals surface area (Å²) in [5, 5.41) is -0.635. The number of rotatable bonds is 4. The maximum absolute atomic E-state index is 11.5. The molecule has 0 radical (unpaired) electrons. The molecule has 0 fully saturated rings. The zero-order valence-electron chi connectivity index (χ0n) is 7.31. The molecule has 0 saturated carbocycles. The number of sulfone groups is 1. The predicted octanol–water partition coefficient (Wildman–Crippen LogP) is 1.62. The zero-order chi connectivity index (χ0) is 10.6. The summed E-state index contributed by atoms with van der Waals surface area (Å²) < 4.78 is 23.1. The van der Waals surface area contributed by atoms with Crippen molar-refractivity contribution >= 4 is 26.7 Å². The van der Waals surface area contributed by atoms with Crippen molar-refractivity contribution in [3.05, 3.63) is 30.3 Å². The van der Waals surface area contributed by atoms with Crippen LogP contribution in [0.25, 0.3) is 0 Å². The van der Waals surface area contributed by atoms with Gasteiger partial charge in [-0.1, -0.05) is 18.2 Å². The highest BCUT2D eigenvalue weighted by Crippen LogP contribution is 2.11. The highest BCUT2D eigenvalue weighted by Gasteiger charge is 2.14. The molecule has 1 aromatic rings. The van der Waals surface area contributed by atoms with Crippen LogP contribution in [-0.4, -0.2) is 19.4 Å². The van der Waals surface area contributed by atoms with E-state index in [1.54, 1.807) is 18.2 Å². The largest absolute Gasteiger partial charge is 0.281 e. The van der Waals surface area contributed by atoms with Gasteiger partial charge in [0.25, 0.3) is 0 Å². The van der Waals surface area contributed by atoms with Gasteiger partial charge in [-0.05, 0) is 23.7 Å². The minimum absolute atomic E-state index is 0.154. The molecule has 0 atom stereocenters. The molecule has 0 aromatic heterocycles. The molecule has 5 heteroatoms. The molecule has 0 aliphatic rings. The van der Waals surface area contributed by atoms with Gasteiger partial charge in [-0.15, -0.1) is 0 Å². The molecule has 0 bridgehead atoms. The maximum atomic E-state index is 11.5. The predicted molar refractivity (Wildman–Crippen MR) is 54.0 cm³/mol. The van der Waals surface area contributed by atoms with Gasteiger partial charge < -0.3 is 0 Å². The maximum Gasteiger partial charge on any atom is 0.222 e. The van der Waals surface area contributed by atoms with Crippen LogP contribution in [0.3, 0.4) is 0 Å². The third kappa shape index (κ3) is 3.12. The van der Waals surface area contributed by atoms with E-state index in [2.05, 4.69) is 0 Å². The molecule has 0 saturated heterocycles. The number of halogens is 1. The third-order valence-corrected chi connectivity index (χ3v) is 3.59. The topological polar surface area (TPSA) is 51.2 Å². The molecule has 3 nitrogen and oxygen atoms in total. The summed E-state index contributed by atoms with van der Waals surface area (Å²) in [7, 11) is -3.36. The Morgan fingerprint density at radius 3 is 2.29 bits per heavy atom. The zero-order valence-corrected chi connectivity index (χ0v) is 8.88. The number of hydrogen-bond donors (Lipinski definition) is 0. The van der Waals surface area contributed by atoms with Gasteiger partial charge in [0, 0.05) is 6.42 Å². The number of benzene rings is 1. The minimum atomic E-state index is -3.36. The molecule has 0 N–H and O–H groups in total. The van der Waals surface area contributed by atoms with Crippen molar-refractivity contribution in [2.45, 2.75) is 11.3 Å². The van der Waals surface area contributed by atoms with Crippen molar-refractivity contribution < 1.29 is 13.2 Å². The van der Waals surface area contributed by atoms with Crippen LogP contribution in [0.4, 0.5) is 0 Å². The molecule has 0 aliphatic carbocycles. The lowest BCUT2D eigenvalue weighted by atomic mass is 10.4. The first kappa shape index (κ1) is 11.2. The second-order valence-electron chi connectivity index (χ2n) is 2.74. The molecule has 0 unspecified atom stereocenters. The van der Waals surface area contributed by atoms with E-state index in [0.29, 0.717) is 0 Å². The van der Waals surface area contributed by atoms with Gasteiger partial charge in [0.2, 0.25) is 5.24 Å². The summed E-state index contributed by atoms with van der Waals surface area (Å²) in [5.41, 5.74) is 0. The second kappa shape index (κ2) is 4.57. The van der Waals surface area contributed by atoms with Crippen LogP contribution in [0, 0.1) is 0 Å². The summed E-state index contributed by atoms with van der Waals surface area (Å²) in [4.78, 5) is 10.6. The van der Waals surface area contributed by atoms with Crippen molar-refractivity contribution in [3.63, 3.8) is 0 Å². The lowest BCUT2D eigenvalue weighted by Gasteiger charge is -2.01. The Morgan fingerprint density at radius 2 is 1.79 bits per heavy atom. The minimum Gasteiger partial charge on any atom is -0.281 e. The van der Waals surface area contributed by atoms with Crippen LogP contribution >= 0.6 is 11.6 Å². The molecular weight excluding hydrogens is 224 g/mol. The van der Waals surface area contributed by atoms with Crippen molar-refractivity contribution in [3.8, 4) is 0 Å². The highest BCUT2D eigenvalue weighted by molar-refractivity contribution is 7.91. The van der Waals surface area contributed by atoms with E-state index >= 15 is 0 Å². The van der Waals surface area contributed by atoms with E-state index in [-0.39, 0.29) is 17.1 Å². The lowest BCUT2D eigenvalue weighted by Crippen LogP contribution is -2.08. The Labute approximate surface area is 87.6 Å². The monoisotopic (exact) mass is 232 g/mol. The number of hydrogen-bond acceptors (Lipinski definition) is 3. The highest BCUT2D eigenvalue weighted by atomic mass is 35.5. The molecule has 76 valence electrons. The Kier molecular flexibility index (Phi) is 3.66. The van der Waals surface area contributed by atoms with Crippen LogP contribution in [0.1, 0.15) is 6.42 Å². The van der Waals surface area contributed by atoms with Gasteiger partial charge in [0.05, 0.1) is 10.6 Å². The van der Waals surface area contributed by atoms with Crippen molar-refractivity contribution in [2.75, 3.05) is 5.75 Å². The van der Waals surface area contributed by atoms with E-state index in [9.17, 15) is 13.2 Å². The first-order valence-electron chi connectivity index (χ1n) is 3.98. The fourth-order valence-corrected chi connectivity index (χ4v) is 2.43. The number of carbonyl (C=O) groups excluding carboxylic acids is 1. The van der Waals surface area contributed by atoms with Crippen LogP contribution in [-0.2, 0) is 14.6 Å². The average molecular weight is 233 g/mol. The van der Waals surface area contributed by atoms with Crippen molar-refractivity contribution in [2.24, 2.45) is 0 Å². The van der Waals surface area contributed by atoms with Gasteiger partial charge >= 0.3 is 0 Å². The van der Waals surface area contributed by atoms with Gasteiger partial charge in [-0.2, -0.15) is 0 Å². The van der Waals surface area contributed by atoms with E-state index in [4.69, 9.17) is 11.6 Å². The molecule has 0 heterocycles. The van der Waals surface area contributed by atoms with Crippen molar-refractivity contribution in [1.82, 2.24) is 0 Å². The van der Waals surface area contributed by atoms with Crippen LogP contribution in [0.5, 0.6) is 0 Å². The fourth-order valence-electron chi connectivity index (χ4n) is 0.960. The molecule has 1 aromatic carbocycles. The first-order valence-corrected chi connectivity index (χ1v) is 6.01.